The molecule has 2 aromatic carbocycles. The van der Waals surface area contributed by atoms with E-state index in [0.29, 0.717) is 11.3 Å². The first-order valence-corrected chi connectivity index (χ1v) is 8.27. The van der Waals surface area contributed by atoms with Crippen LogP contribution in [-0.4, -0.2) is 43.8 Å². The lowest BCUT2D eigenvalue weighted by Gasteiger charge is -2.28. The topological polar surface area (TPSA) is 12.5 Å². The van der Waals surface area contributed by atoms with Crippen molar-refractivity contribution in [3.8, 4) is 0 Å². The van der Waals surface area contributed by atoms with Gasteiger partial charge in [0.25, 0.3) is 0 Å². The van der Waals surface area contributed by atoms with Gasteiger partial charge in [0.05, 0.1) is 14.1 Å². The van der Waals surface area contributed by atoms with Crippen LogP contribution in [0, 0.1) is 0 Å². The number of hydrogen-bond acceptors (Lipinski definition) is 2. The van der Waals surface area contributed by atoms with Gasteiger partial charge in [-0.05, 0) is 24.7 Å². The van der Waals surface area contributed by atoms with Gasteiger partial charge in [0, 0.05) is 23.7 Å². The lowest BCUT2D eigenvalue weighted by molar-refractivity contribution is -1.09. The fraction of sp³-hybridized carbons (Fsp3) is 0.368. The van der Waals surface area contributed by atoms with E-state index in [-0.39, 0.29) is 24.8 Å². The average Bonchev–Trinajstić information content (AvgIpc) is 2.50. The highest BCUT2D eigenvalue weighted by molar-refractivity contribution is 6.30. The summed E-state index contributed by atoms with van der Waals surface area (Å²) in [5, 5.41) is 0.766. The molecule has 6 heteroatoms. The van der Waals surface area contributed by atoms with Crippen LogP contribution in [0.3, 0.4) is 0 Å². The summed E-state index contributed by atoms with van der Waals surface area (Å²) < 4.78 is 0.501. The van der Waals surface area contributed by atoms with Crippen LogP contribution < -0.4 is 0 Å². The summed E-state index contributed by atoms with van der Waals surface area (Å²) in [4.78, 5) is 8.31. The molecule has 0 aromatic heterocycles. The zero-order chi connectivity index (χ0) is 16.7. The second kappa shape index (κ2) is 11.7. The molecule has 0 amide bonds. The van der Waals surface area contributed by atoms with E-state index in [1.165, 1.54) is 11.1 Å². The molecule has 0 saturated heterocycles. The number of halogens is 3. The van der Waals surface area contributed by atoms with Crippen molar-refractivity contribution in [1.82, 2.24) is 4.90 Å². The summed E-state index contributed by atoms with van der Waals surface area (Å²) >= 11 is 5.93. The minimum Gasteiger partial charge on any atom is -0.300 e. The Hall–Kier alpha value is -0.810. The summed E-state index contributed by atoms with van der Waals surface area (Å²) in [5.41, 5.74) is 2.54. The molecule has 0 aliphatic heterocycles. The van der Waals surface area contributed by atoms with Crippen LogP contribution in [0.5, 0.6) is 0 Å². The molecule has 0 aliphatic carbocycles. The molecular formula is C19H28Cl3N2O+. The number of likely N-dealkylation sites (N-methyl/N-ethyl adjacent to an activating group) is 1. The van der Waals surface area contributed by atoms with Crippen LogP contribution in [0.15, 0.2) is 54.6 Å². The summed E-state index contributed by atoms with van der Waals surface area (Å²) in [5.74, 6) is 0. The van der Waals surface area contributed by atoms with Gasteiger partial charge in [0.1, 0.15) is 13.2 Å². The summed E-state index contributed by atoms with van der Waals surface area (Å²) in [6, 6.07) is 18.4. The molecule has 0 unspecified atom stereocenters. The van der Waals surface area contributed by atoms with Gasteiger partial charge in [-0.2, -0.15) is 4.65 Å². The molecule has 0 saturated carbocycles. The quantitative estimate of drug-likeness (QED) is 0.460. The van der Waals surface area contributed by atoms with E-state index in [1.807, 2.05) is 30.3 Å². The predicted molar refractivity (Wildman–Crippen MR) is 110 cm³/mol. The predicted octanol–water partition coefficient (Wildman–Crippen LogP) is 4.82. The highest BCUT2D eigenvalue weighted by atomic mass is 35.5. The molecule has 0 heterocycles. The number of nitrogens with zero attached hydrogens (tertiary/aromatic N) is 2. The van der Waals surface area contributed by atoms with E-state index < -0.39 is 0 Å². The maximum atomic E-state index is 6.03. The molecule has 0 N–H and O–H groups in total. The maximum Gasteiger partial charge on any atom is 0.134 e. The third-order valence-electron chi connectivity index (χ3n) is 3.69. The van der Waals surface area contributed by atoms with E-state index in [4.69, 9.17) is 16.4 Å². The fourth-order valence-corrected chi connectivity index (χ4v) is 2.62. The highest BCUT2D eigenvalue weighted by Crippen LogP contribution is 2.14. The standard InChI is InChI=1S/C19H26ClN2O.2ClH/c1-21(15-17-7-5-4-6-8-17)13-14-23-22(2,3)16-18-9-11-19(20)12-10-18;;/h4-12H,13-16H2,1-3H3;2*1H/q+1;;. The third kappa shape index (κ3) is 9.45. The molecule has 140 valence electrons. The lowest BCUT2D eigenvalue weighted by Crippen LogP contribution is -2.40. The van der Waals surface area contributed by atoms with E-state index in [9.17, 15) is 0 Å². The fourth-order valence-electron chi connectivity index (χ4n) is 2.49. The van der Waals surface area contributed by atoms with Crippen molar-refractivity contribution in [2.45, 2.75) is 13.1 Å². The monoisotopic (exact) mass is 405 g/mol. The Balaban J connectivity index is 0.00000288. The van der Waals surface area contributed by atoms with Crippen molar-refractivity contribution in [3.05, 3.63) is 70.7 Å². The molecule has 0 fully saturated rings. The van der Waals surface area contributed by atoms with E-state index in [0.717, 1.165) is 24.7 Å². The first-order valence-electron chi connectivity index (χ1n) is 7.89. The second-order valence-electron chi connectivity index (χ2n) is 6.42. The van der Waals surface area contributed by atoms with Gasteiger partial charge in [0.2, 0.25) is 0 Å². The van der Waals surface area contributed by atoms with Gasteiger partial charge in [-0.25, -0.2) is 4.84 Å². The lowest BCUT2D eigenvalue weighted by atomic mass is 10.2. The minimum atomic E-state index is 0. The molecule has 2 rings (SSSR count). The normalized spacial score (nSPS) is 10.9. The van der Waals surface area contributed by atoms with Crippen LogP contribution in [0.25, 0.3) is 0 Å². The van der Waals surface area contributed by atoms with Crippen molar-refractivity contribution in [2.24, 2.45) is 0 Å². The third-order valence-corrected chi connectivity index (χ3v) is 3.94. The Morgan fingerprint density at radius 3 is 2.12 bits per heavy atom. The van der Waals surface area contributed by atoms with Crippen LogP contribution >= 0.6 is 36.4 Å². The molecule has 3 nitrogen and oxygen atoms in total. The van der Waals surface area contributed by atoms with Crippen molar-refractivity contribution in [3.63, 3.8) is 0 Å². The summed E-state index contributed by atoms with van der Waals surface area (Å²) in [6.07, 6.45) is 0. The average molecular weight is 407 g/mol. The Morgan fingerprint density at radius 1 is 0.920 bits per heavy atom. The van der Waals surface area contributed by atoms with E-state index in [2.05, 4.69) is 50.3 Å². The summed E-state index contributed by atoms with van der Waals surface area (Å²) in [6.45, 7) is 3.36. The zero-order valence-corrected chi connectivity index (χ0v) is 17.4. The highest BCUT2D eigenvalue weighted by Gasteiger charge is 2.18. The van der Waals surface area contributed by atoms with Gasteiger partial charge < -0.3 is 0 Å². The van der Waals surface area contributed by atoms with E-state index in [1.54, 1.807) is 0 Å². The molecule has 0 bridgehead atoms. The molecule has 0 atom stereocenters. The number of hydrogen-bond donors (Lipinski definition) is 0. The number of benzene rings is 2. The molecular weight excluding hydrogens is 379 g/mol. The molecule has 0 radical (unpaired) electrons. The van der Waals surface area contributed by atoms with Crippen LogP contribution in [0.4, 0.5) is 0 Å². The van der Waals surface area contributed by atoms with Crippen molar-refractivity contribution in [2.75, 3.05) is 34.3 Å². The Bertz CT molecular complexity index is 591. The van der Waals surface area contributed by atoms with Crippen molar-refractivity contribution < 1.29 is 9.48 Å². The van der Waals surface area contributed by atoms with Gasteiger partial charge in [-0.3, -0.25) is 4.90 Å². The molecule has 0 aliphatic rings. The van der Waals surface area contributed by atoms with Gasteiger partial charge >= 0.3 is 0 Å². The number of rotatable bonds is 8. The van der Waals surface area contributed by atoms with Crippen LogP contribution in [0.2, 0.25) is 5.02 Å². The van der Waals surface area contributed by atoms with Gasteiger partial charge in [-0.1, -0.05) is 54.1 Å². The Labute approximate surface area is 168 Å². The zero-order valence-electron chi connectivity index (χ0n) is 15.0. The van der Waals surface area contributed by atoms with Crippen molar-refractivity contribution >= 4 is 36.4 Å². The minimum absolute atomic E-state index is 0. The molecule has 0 spiro atoms. The molecule has 2 aromatic rings. The first-order chi connectivity index (χ1) is 10.9. The number of quaternary nitrogens is 1. The van der Waals surface area contributed by atoms with Crippen LogP contribution in [-0.2, 0) is 17.9 Å². The molecule has 25 heavy (non-hydrogen) atoms. The second-order valence-corrected chi connectivity index (χ2v) is 6.85. The summed E-state index contributed by atoms with van der Waals surface area (Å²) in [7, 11) is 6.27. The first kappa shape index (κ1) is 24.2. The smallest absolute Gasteiger partial charge is 0.134 e. The van der Waals surface area contributed by atoms with Crippen molar-refractivity contribution in [1.29, 1.82) is 0 Å². The largest absolute Gasteiger partial charge is 0.300 e. The van der Waals surface area contributed by atoms with Gasteiger partial charge in [0.15, 0.2) is 0 Å². The Morgan fingerprint density at radius 2 is 1.52 bits per heavy atom. The maximum absolute atomic E-state index is 6.03. The van der Waals surface area contributed by atoms with Crippen LogP contribution in [0.1, 0.15) is 11.1 Å². The van der Waals surface area contributed by atoms with Gasteiger partial charge in [-0.15, -0.1) is 24.8 Å². The van der Waals surface area contributed by atoms with E-state index >= 15 is 0 Å². The SMILES string of the molecule is CN(CCO[N+](C)(C)Cc1ccc(Cl)cc1)Cc1ccccc1.Cl.Cl. The number of hydroxylamine groups is 3. The Kier molecular flexibility index (Phi) is 11.4.